The number of rotatable bonds is 8. The Morgan fingerprint density at radius 1 is 0.692 bits per heavy atom. The van der Waals surface area contributed by atoms with Gasteiger partial charge in [-0.3, -0.25) is 0 Å². The third-order valence-corrected chi connectivity index (χ3v) is 4.51. The first kappa shape index (κ1) is 18.0. The maximum Gasteiger partial charge on any atom is 0.126 e. The van der Waals surface area contributed by atoms with Gasteiger partial charge >= 0.3 is 0 Å². The number of benzene rings is 3. The van der Waals surface area contributed by atoms with Crippen LogP contribution in [0.5, 0.6) is 5.75 Å². The van der Waals surface area contributed by atoms with Crippen LogP contribution in [0.15, 0.2) is 78.9 Å². The molecule has 26 heavy (non-hydrogen) atoms. The van der Waals surface area contributed by atoms with Crippen molar-refractivity contribution in [3.05, 3.63) is 101 Å². The Kier molecular flexibility index (Phi) is 6.66. The Morgan fingerprint density at radius 3 is 2.15 bits per heavy atom. The van der Waals surface area contributed by atoms with Gasteiger partial charge in [0.2, 0.25) is 0 Å². The average molecular weight is 342 g/mol. The van der Waals surface area contributed by atoms with Crippen LogP contribution >= 0.6 is 0 Å². The molecule has 3 aromatic carbocycles. The molecule has 0 N–H and O–H groups in total. The van der Waals surface area contributed by atoms with Gasteiger partial charge in [-0.25, -0.2) is 0 Å². The summed E-state index contributed by atoms with van der Waals surface area (Å²) in [5.41, 5.74) is 5.04. The zero-order chi connectivity index (χ0) is 18.0. The van der Waals surface area contributed by atoms with Crippen LogP contribution in [0.25, 0.3) is 12.2 Å². The summed E-state index contributed by atoms with van der Waals surface area (Å²) in [7, 11) is 0. The van der Waals surface area contributed by atoms with Crippen LogP contribution in [0.1, 0.15) is 35.1 Å². The molecule has 0 aliphatic carbocycles. The van der Waals surface area contributed by atoms with Crippen molar-refractivity contribution in [1.29, 1.82) is 0 Å². The summed E-state index contributed by atoms with van der Waals surface area (Å²) >= 11 is 0. The van der Waals surface area contributed by atoms with Crippen molar-refractivity contribution in [2.45, 2.75) is 26.2 Å². The zero-order valence-corrected chi connectivity index (χ0v) is 15.4. The van der Waals surface area contributed by atoms with E-state index >= 15 is 0 Å². The van der Waals surface area contributed by atoms with Crippen LogP contribution in [0, 0.1) is 6.92 Å². The van der Waals surface area contributed by atoms with E-state index in [0.29, 0.717) is 0 Å². The van der Waals surface area contributed by atoms with Gasteiger partial charge in [-0.1, -0.05) is 84.9 Å². The summed E-state index contributed by atoms with van der Waals surface area (Å²) in [6.45, 7) is 2.89. The Bertz CT molecular complexity index is 834. The summed E-state index contributed by atoms with van der Waals surface area (Å²) < 4.78 is 6.04. The number of hydrogen-bond acceptors (Lipinski definition) is 1. The average Bonchev–Trinajstić information content (AvgIpc) is 2.69. The molecule has 0 bridgehead atoms. The summed E-state index contributed by atoms with van der Waals surface area (Å²) in [6.07, 6.45) is 7.61. The molecule has 1 heteroatoms. The van der Waals surface area contributed by atoms with Gasteiger partial charge in [0.15, 0.2) is 0 Å². The SMILES string of the molecule is Cc1ccccc1/C=C/c1ccccc1OCCCCc1ccccc1. The van der Waals surface area contributed by atoms with Crippen LogP contribution in [0.2, 0.25) is 0 Å². The molecule has 0 fully saturated rings. The molecule has 0 aliphatic rings. The van der Waals surface area contributed by atoms with Crippen molar-refractivity contribution in [1.82, 2.24) is 0 Å². The minimum absolute atomic E-state index is 0.752. The molecule has 0 aromatic heterocycles. The molecule has 0 radical (unpaired) electrons. The molecule has 0 amide bonds. The predicted octanol–water partition coefficient (Wildman–Crippen LogP) is 6.57. The molecular weight excluding hydrogens is 316 g/mol. The maximum atomic E-state index is 6.04. The first-order chi connectivity index (χ1) is 12.8. The van der Waals surface area contributed by atoms with E-state index in [-0.39, 0.29) is 0 Å². The van der Waals surface area contributed by atoms with E-state index in [4.69, 9.17) is 4.74 Å². The molecule has 0 saturated carbocycles. The van der Waals surface area contributed by atoms with Gasteiger partial charge in [-0.05, 0) is 48.9 Å². The number of ether oxygens (including phenoxy) is 1. The molecule has 0 unspecified atom stereocenters. The Hall–Kier alpha value is -2.80. The molecule has 0 saturated heterocycles. The van der Waals surface area contributed by atoms with Gasteiger partial charge < -0.3 is 4.74 Å². The second-order valence-corrected chi connectivity index (χ2v) is 6.52. The third-order valence-electron chi connectivity index (χ3n) is 4.51. The molecule has 0 atom stereocenters. The van der Waals surface area contributed by atoms with Crippen molar-refractivity contribution in [3.63, 3.8) is 0 Å². The van der Waals surface area contributed by atoms with Gasteiger partial charge in [0, 0.05) is 5.56 Å². The van der Waals surface area contributed by atoms with E-state index in [1.54, 1.807) is 0 Å². The standard InChI is InChI=1S/C25H26O/c1-21-11-5-6-15-23(21)18-19-24-16-7-8-17-25(24)26-20-10-9-14-22-12-3-2-4-13-22/h2-8,11-13,15-19H,9-10,14,20H2,1H3/b19-18+. The summed E-state index contributed by atoms with van der Waals surface area (Å²) in [6, 6.07) is 27.3. The molecule has 3 rings (SSSR count). The van der Waals surface area contributed by atoms with E-state index in [0.717, 1.165) is 37.2 Å². The normalized spacial score (nSPS) is 11.0. The van der Waals surface area contributed by atoms with Crippen molar-refractivity contribution in [2.24, 2.45) is 0 Å². The second-order valence-electron chi connectivity index (χ2n) is 6.52. The van der Waals surface area contributed by atoms with E-state index in [2.05, 4.69) is 91.9 Å². The minimum Gasteiger partial charge on any atom is -0.493 e. The van der Waals surface area contributed by atoms with Crippen LogP contribution in [0.3, 0.4) is 0 Å². The maximum absolute atomic E-state index is 6.04. The fraction of sp³-hybridized carbons (Fsp3) is 0.200. The summed E-state index contributed by atoms with van der Waals surface area (Å²) in [4.78, 5) is 0. The number of hydrogen-bond donors (Lipinski definition) is 0. The zero-order valence-electron chi connectivity index (χ0n) is 15.4. The molecule has 0 spiro atoms. The van der Waals surface area contributed by atoms with Crippen LogP contribution in [-0.4, -0.2) is 6.61 Å². The number of unbranched alkanes of at least 4 members (excludes halogenated alkanes) is 1. The van der Waals surface area contributed by atoms with E-state index in [1.807, 2.05) is 6.07 Å². The monoisotopic (exact) mass is 342 g/mol. The van der Waals surface area contributed by atoms with Gasteiger partial charge in [0.1, 0.15) is 5.75 Å². The highest BCUT2D eigenvalue weighted by molar-refractivity contribution is 5.73. The summed E-state index contributed by atoms with van der Waals surface area (Å²) in [5.74, 6) is 0.956. The van der Waals surface area contributed by atoms with E-state index in [9.17, 15) is 0 Å². The second kappa shape index (κ2) is 9.62. The highest BCUT2D eigenvalue weighted by Gasteiger charge is 2.01. The van der Waals surface area contributed by atoms with Gasteiger partial charge in [0.05, 0.1) is 6.61 Å². The molecule has 1 nitrogen and oxygen atoms in total. The lowest BCUT2D eigenvalue weighted by Gasteiger charge is -2.09. The molecule has 0 aliphatic heterocycles. The Labute approximate surface area is 157 Å². The van der Waals surface area contributed by atoms with E-state index < -0.39 is 0 Å². The minimum atomic E-state index is 0.752. The predicted molar refractivity (Wildman–Crippen MR) is 111 cm³/mol. The number of aryl methyl sites for hydroxylation is 2. The lowest BCUT2D eigenvalue weighted by Crippen LogP contribution is -1.99. The lowest BCUT2D eigenvalue weighted by atomic mass is 10.1. The molecule has 0 heterocycles. The fourth-order valence-electron chi connectivity index (χ4n) is 2.96. The highest BCUT2D eigenvalue weighted by Crippen LogP contribution is 2.22. The van der Waals surface area contributed by atoms with Crippen LogP contribution in [-0.2, 0) is 6.42 Å². The molecular formula is C25H26O. The van der Waals surface area contributed by atoms with Crippen LogP contribution < -0.4 is 4.74 Å². The Balaban J connectivity index is 1.53. The quantitative estimate of drug-likeness (QED) is 0.332. The third kappa shape index (κ3) is 5.35. The van der Waals surface area contributed by atoms with Crippen molar-refractivity contribution in [3.8, 4) is 5.75 Å². The fourth-order valence-corrected chi connectivity index (χ4v) is 2.96. The lowest BCUT2D eigenvalue weighted by molar-refractivity contribution is 0.306. The smallest absolute Gasteiger partial charge is 0.126 e. The topological polar surface area (TPSA) is 9.23 Å². The molecule has 3 aromatic rings. The Morgan fingerprint density at radius 2 is 1.35 bits per heavy atom. The van der Waals surface area contributed by atoms with Gasteiger partial charge in [0.25, 0.3) is 0 Å². The first-order valence-electron chi connectivity index (χ1n) is 9.32. The summed E-state index contributed by atoms with van der Waals surface area (Å²) in [5, 5.41) is 0. The van der Waals surface area contributed by atoms with Crippen molar-refractivity contribution in [2.75, 3.05) is 6.61 Å². The molecule has 132 valence electrons. The largest absolute Gasteiger partial charge is 0.493 e. The first-order valence-corrected chi connectivity index (χ1v) is 9.32. The van der Waals surface area contributed by atoms with E-state index in [1.165, 1.54) is 16.7 Å². The van der Waals surface area contributed by atoms with Crippen molar-refractivity contribution >= 4 is 12.2 Å². The number of para-hydroxylation sites is 1. The van der Waals surface area contributed by atoms with Crippen LogP contribution in [0.4, 0.5) is 0 Å². The van der Waals surface area contributed by atoms with Gasteiger partial charge in [-0.15, -0.1) is 0 Å². The highest BCUT2D eigenvalue weighted by atomic mass is 16.5. The van der Waals surface area contributed by atoms with Gasteiger partial charge in [-0.2, -0.15) is 0 Å². The van der Waals surface area contributed by atoms with Crippen molar-refractivity contribution < 1.29 is 4.74 Å².